The summed E-state index contributed by atoms with van der Waals surface area (Å²) in [5.41, 5.74) is 0. The van der Waals surface area contributed by atoms with E-state index < -0.39 is 0 Å². The van der Waals surface area contributed by atoms with Gasteiger partial charge in [-0.1, -0.05) is 0 Å². The molecule has 1 aliphatic heterocycles. The zero-order valence-corrected chi connectivity index (χ0v) is 12.1. The highest BCUT2D eigenvalue weighted by Crippen LogP contribution is 2.32. The molecule has 2 atom stereocenters. The van der Waals surface area contributed by atoms with Crippen molar-refractivity contribution in [2.45, 2.75) is 31.4 Å². The molecule has 3 heterocycles. The van der Waals surface area contributed by atoms with Crippen LogP contribution in [0.1, 0.15) is 19.3 Å². The van der Waals surface area contributed by atoms with E-state index in [0.29, 0.717) is 24.5 Å². The first-order valence-corrected chi connectivity index (χ1v) is 7.49. The lowest BCUT2D eigenvalue weighted by atomic mass is 10.1. The number of nitrogens with zero attached hydrogens (tertiary/aromatic N) is 6. The summed E-state index contributed by atoms with van der Waals surface area (Å²) in [6.07, 6.45) is 7.13. The number of ether oxygens (including phenoxy) is 1. The van der Waals surface area contributed by atoms with E-state index in [1.807, 2.05) is 6.07 Å². The van der Waals surface area contributed by atoms with Crippen molar-refractivity contribution >= 4 is 17.5 Å². The van der Waals surface area contributed by atoms with Crippen LogP contribution in [0.2, 0.25) is 5.28 Å². The van der Waals surface area contributed by atoms with Gasteiger partial charge in [-0.25, -0.2) is 4.68 Å². The third-order valence-electron chi connectivity index (χ3n) is 4.03. The molecule has 2 aromatic rings. The van der Waals surface area contributed by atoms with Crippen molar-refractivity contribution < 1.29 is 4.74 Å². The van der Waals surface area contributed by atoms with Gasteiger partial charge < -0.3 is 9.64 Å². The van der Waals surface area contributed by atoms with Gasteiger partial charge in [0.05, 0.1) is 18.8 Å². The third kappa shape index (κ3) is 2.36. The van der Waals surface area contributed by atoms with Crippen LogP contribution in [-0.2, 0) is 4.74 Å². The summed E-state index contributed by atoms with van der Waals surface area (Å²) in [5.74, 6) is 1.05. The molecule has 2 aliphatic rings. The van der Waals surface area contributed by atoms with Gasteiger partial charge in [-0.15, -0.1) is 0 Å². The monoisotopic (exact) mass is 306 g/mol. The molecule has 0 bridgehead atoms. The number of halogens is 1. The molecule has 2 fully saturated rings. The van der Waals surface area contributed by atoms with Crippen molar-refractivity contribution in [2.24, 2.45) is 0 Å². The van der Waals surface area contributed by atoms with Crippen LogP contribution in [0.5, 0.6) is 0 Å². The SMILES string of the molecule is Clc1nc(N2CCOC3CCCC32)nc(-n2cccn2)n1. The number of hydrogen-bond donors (Lipinski definition) is 0. The van der Waals surface area contributed by atoms with E-state index in [4.69, 9.17) is 16.3 Å². The van der Waals surface area contributed by atoms with Gasteiger partial charge in [0, 0.05) is 18.9 Å². The Morgan fingerprint density at radius 2 is 2.10 bits per heavy atom. The molecule has 0 N–H and O–H groups in total. The van der Waals surface area contributed by atoms with Crippen LogP contribution in [0.25, 0.3) is 5.95 Å². The molecule has 1 aliphatic carbocycles. The van der Waals surface area contributed by atoms with Gasteiger partial charge in [0.1, 0.15) is 0 Å². The second kappa shape index (κ2) is 5.23. The van der Waals surface area contributed by atoms with E-state index in [-0.39, 0.29) is 11.4 Å². The summed E-state index contributed by atoms with van der Waals surface area (Å²) in [4.78, 5) is 15.2. The number of anilines is 1. The maximum atomic E-state index is 6.07. The van der Waals surface area contributed by atoms with Crippen molar-refractivity contribution in [2.75, 3.05) is 18.1 Å². The van der Waals surface area contributed by atoms with Crippen LogP contribution >= 0.6 is 11.6 Å². The first-order valence-electron chi connectivity index (χ1n) is 7.11. The largest absolute Gasteiger partial charge is 0.374 e. The molecule has 0 aromatic carbocycles. The van der Waals surface area contributed by atoms with E-state index >= 15 is 0 Å². The molecule has 2 aromatic heterocycles. The van der Waals surface area contributed by atoms with Gasteiger partial charge in [-0.05, 0) is 36.9 Å². The highest BCUT2D eigenvalue weighted by atomic mass is 35.5. The predicted octanol–water partition coefficient (Wildman–Crippen LogP) is 1.47. The molecule has 110 valence electrons. The van der Waals surface area contributed by atoms with Crippen molar-refractivity contribution in [3.05, 3.63) is 23.7 Å². The molecular weight excluding hydrogens is 292 g/mol. The number of morpholine rings is 1. The first-order chi connectivity index (χ1) is 10.3. The smallest absolute Gasteiger partial charge is 0.256 e. The highest BCUT2D eigenvalue weighted by Gasteiger charge is 2.37. The quantitative estimate of drug-likeness (QED) is 0.837. The van der Waals surface area contributed by atoms with Crippen LogP contribution in [0, 0.1) is 0 Å². The maximum Gasteiger partial charge on any atom is 0.256 e. The molecule has 0 spiro atoms. The second-order valence-corrected chi connectivity index (χ2v) is 5.59. The first kappa shape index (κ1) is 13.0. The van der Waals surface area contributed by atoms with Gasteiger partial charge >= 0.3 is 0 Å². The topological polar surface area (TPSA) is 69.0 Å². The maximum absolute atomic E-state index is 6.07. The molecule has 0 amide bonds. The zero-order chi connectivity index (χ0) is 14.2. The fraction of sp³-hybridized carbons (Fsp3) is 0.538. The van der Waals surface area contributed by atoms with Crippen LogP contribution in [0.3, 0.4) is 0 Å². The Balaban J connectivity index is 1.71. The molecular formula is C13H15ClN6O. The number of fused-ring (bicyclic) bond motifs is 1. The minimum atomic E-state index is 0.187. The molecule has 1 saturated heterocycles. The van der Waals surface area contributed by atoms with Crippen LogP contribution in [0.4, 0.5) is 5.95 Å². The van der Waals surface area contributed by atoms with Crippen LogP contribution in [-0.4, -0.2) is 50.0 Å². The van der Waals surface area contributed by atoms with Crippen molar-refractivity contribution in [3.8, 4) is 5.95 Å². The zero-order valence-electron chi connectivity index (χ0n) is 11.4. The van der Waals surface area contributed by atoms with Crippen molar-refractivity contribution in [3.63, 3.8) is 0 Å². The van der Waals surface area contributed by atoms with Crippen LogP contribution in [0.15, 0.2) is 18.5 Å². The van der Waals surface area contributed by atoms with Crippen molar-refractivity contribution in [1.29, 1.82) is 0 Å². The summed E-state index contributed by atoms with van der Waals surface area (Å²) in [6.45, 7) is 1.47. The van der Waals surface area contributed by atoms with E-state index in [1.54, 1.807) is 17.1 Å². The Kier molecular flexibility index (Phi) is 3.23. The summed E-state index contributed by atoms with van der Waals surface area (Å²) < 4.78 is 7.41. The third-order valence-corrected chi connectivity index (χ3v) is 4.20. The fourth-order valence-corrected chi connectivity index (χ4v) is 3.27. The average molecular weight is 307 g/mol. The van der Waals surface area contributed by atoms with E-state index in [1.165, 1.54) is 6.42 Å². The van der Waals surface area contributed by atoms with E-state index in [0.717, 1.165) is 19.4 Å². The Morgan fingerprint density at radius 1 is 1.19 bits per heavy atom. The van der Waals surface area contributed by atoms with Gasteiger partial charge in [0.2, 0.25) is 11.2 Å². The van der Waals surface area contributed by atoms with Gasteiger partial charge in [0.15, 0.2) is 0 Å². The Bertz CT molecular complexity index is 634. The summed E-state index contributed by atoms with van der Waals surface area (Å²) >= 11 is 6.07. The van der Waals surface area contributed by atoms with Crippen LogP contribution < -0.4 is 4.90 Å². The molecule has 0 radical (unpaired) electrons. The molecule has 8 heteroatoms. The van der Waals surface area contributed by atoms with Crippen molar-refractivity contribution in [1.82, 2.24) is 24.7 Å². The normalized spacial score (nSPS) is 25.1. The Labute approximate surface area is 126 Å². The molecule has 2 unspecified atom stereocenters. The predicted molar refractivity (Wildman–Crippen MR) is 76.7 cm³/mol. The van der Waals surface area contributed by atoms with E-state index in [2.05, 4.69) is 25.0 Å². The molecule has 21 heavy (non-hydrogen) atoms. The minimum Gasteiger partial charge on any atom is -0.374 e. The lowest BCUT2D eigenvalue weighted by molar-refractivity contribution is 0.0249. The molecule has 1 saturated carbocycles. The molecule has 7 nitrogen and oxygen atoms in total. The summed E-state index contributed by atoms with van der Waals surface area (Å²) in [7, 11) is 0. The standard InChI is InChI=1S/C13H15ClN6O/c14-11-16-12(18-13(17-11)20-6-2-5-15-20)19-7-8-21-10-4-1-3-9(10)19/h2,5-6,9-10H,1,3-4,7-8H2. The fourth-order valence-electron chi connectivity index (χ4n) is 3.12. The Hall–Kier alpha value is -1.73. The number of rotatable bonds is 2. The minimum absolute atomic E-state index is 0.187. The summed E-state index contributed by atoms with van der Waals surface area (Å²) in [5, 5.41) is 4.33. The lowest BCUT2D eigenvalue weighted by Crippen LogP contribution is -2.49. The molecule has 4 rings (SSSR count). The van der Waals surface area contributed by atoms with Gasteiger partial charge in [-0.3, -0.25) is 0 Å². The van der Waals surface area contributed by atoms with Gasteiger partial charge in [-0.2, -0.15) is 20.1 Å². The van der Waals surface area contributed by atoms with E-state index in [9.17, 15) is 0 Å². The second-order valence-electron chi connectivity index (χ2n) is 5.26. The highest BCUT2D eigenvalue weighted by molar-refractivity contribution is 6.28. The lowest BCUT2D eigenvalue weighted by Gasteiger charge is -2.37. The number of hydrogen-bond acceptors (Lipinski definition) is 6. The van der Waals surface area contributed by atoms with Gasteiger partial charge in [0.25, 0.3) is 5.95 Å². The number of aromatic nitrogens is 5. The Morgan fingerprint density at radius 3 is 2.95 bits per heavy atom. The summed E-state index contributed by atoms with van der Waals surface area (Å²) in [6, 6.07) is 2.15. The average Bonchev–Trinajstić information content (AvgIpc) is 3.17.